The van der Waals surface area contributed by atoms with Gasteiger partial charge in [0.1, 0.15) is 12.4 Å². The van der Waals surface area contributed by atoms with Crippen LogP contribution in [0.1, 0.15) is 76.4 Å². The van der Waals surface area contributed by atoms with Crippen molar-refractivity contribution in [2.75, 3.05) is 19.6 Å². The van der Waals surface area contributed by atoms with Crippen molar-refractivity contribution in [1.82, 2.24) is 30.3 Å². The lowest BCUT2D eigenvalue weighted by atomic mass is 9.92. The zero-order valence-corrected chi connectivity index (χ0v) is 20.8. The maximum absolute atomic E-state index is 4.80. The van der Waals surface area contributed by atoms with Gasteiger partial charge in [0.05, 0.1) is 0 Å². The topological polar surface area (TPSA) is 70.4 Å². The van der Waals surface area contributed by atoms with Crippen LogP contribution in [0.15, 0.2) is 4.99 Å². The molecule has 1 aromatic heterocycles. The summed E-state index contributed by atoms with van der Waals surface area (Å²) in [6.45, 7) is 8.13. The Kier molecular flexibility index (Phi) is 10.7. The summed E-state index contributed by atoms with van der Waals surface area (Å²) in [5, 5.41) is 15.6. The standard InChI is InChI=1S/C21H39N7.HI/c1-4-5-13-22-21(23-16-20-26-25-17(2)27(20)3)24-18-11-14-28(15-12-18)19-9-7-6-8-10-19;/h18-19H,4-16H2,1-3H3,(H2,22,23,24);1H. The van der Waals surface area contributed by atoms with Crippen LogP contribution in [0.4, 0.5) is 0 Å². The highest BCUT2D eigenvalue weighted by molar-refractivity contribution is 14.0. The minimum Gasteiger partial charge on any atom is -0.356 e. The minimum atomic E-state index is 0. The quantitative estimate of drug-likeness (QED) is 0.251. The second kappa shape index (κ2) is 12.7. The van der Waals surface area contributed by atoms with Gasteiger partial charge in [-0.3, -0.25) is 0 Å². The Morgan fingerprint density at radius 2 is 1.83 bits per heavy atom. The molecule has 0 unspecified atom stereocenters. The number of aromatic nitrogens is 3. The number of piperidine rings is 1. The molecule has 1 saturated heterocycles. The SMILES string of the molecule is CCCCNC(=NCc1nnc(C)n1C)NC1CCN(C2CCCCC2)CC1.I. The molecule has 0 amide bonds. The van der Waals surface area contributed by atoms with E-state index in [0.717, 1.165) is 36.6 Å². The lowest BCUT2D eigenvalue weighted by molar-refractivity contribution is 0.119. The van der Waals surface area contributed by atoms with Gasteiger partial charge in [0.15, 0.2) is 11.8 Å². The number of guanidine groups is 1. The second-order valence-corrected chi connectivity index (χ2v) is 8.41. The first-order chi connectivity index (χ1) is 13.7. The van der Waals surface area contributed by atoms with Crippen LogP contribution in [0.3, 0.4) is 0 Å². The molecule has 0 radical (unpaired) electrons. The number of aryl methyl sites for hydroxylation is 1. The van der Waals surface area contributed by atoms with E-state index in [4.69, 9.17) is 4.99 Å². The predicted octanol–water partition coefficient (Wildman–Crippen LogP) is 3.37. The van der Waals surface area contributed by atoms with E-state index in [1.165, 1.54) is 64.5 Å². The first-order valence-corrected chi connectivity index (χ1v) is 11.3. The van der Waals surface area contributed by atoms with Crippen LogP contribution in [0, 0.1) is 6.92 Å². The summed E-state index contributed by atoms with van der Waals surface area (Å²) >= 11 is 0. The van der Waals surface area contributed by atoms with E-state index in [0.29, 0.717) is 12.6 Å². The third-order valence-electron chi connectivity index (χ3n) is 6.35. The van der Waals surface area contributed by atoms with E-state index >= 15 is 0 Å². The van der Waals surface area contributed by atoms with Gasteiger partial charge >= 0.3 is 0 Å². The van der Waals surface area contributed by atoms with E-state index in [-0.39, 0.29) is 24.0 Å². The molecular formula is C21H40IN7. The molecule has 2 N–H and O–H groups in total. The van der Waals surface area contributed by atoms with Crippen LogP contribution >= 0.6 is 24.0 Å². The van der Waals surface area contributed by atoms with Gasteiger partial charge in [-0.15, -0.1) is 34.2 Å². The Morgan fingerprint density at radius 3 is 2.45 bits per heavy atom. The average Bonchev–Trinajstić information content (AvgIpc) is 3.05. The summed E-state index contributed by atoms with van der Waals surface area (Å²) in [7, 11) is 2.00. The summed E-state index contributed by atoms with van der Waals surface area (Å²) < 4.78 is 2.01. The zero-order valence-electron chi connectivity index (χ0n) is 18.5. The molecule has 1 aliphatic heterocycles. The molecule has 0 bridgehead atoms. The monoisotopic (exact) mass is 517 g/mol. The van der Waals surface area contributed by atoms with Gasteiger partial charge in [0.25, 0.3) is 0 Å². The van der Waals surface area contributed by atoms with Crippen molar-refractivity contribution in [3.63, 3.8) is 0 Å². The molecule has 2 fully saturated rings. The normalized spacial score (nSPS) is 19.8. The summed E-state index contributed by atoms with van der Waals surface area (Å²) in [6, 6.07) is 1.35. The molecule has 3 rings (SSSR count). The molecule has 1 aromatic rings. The summed E-state index contributed by atoms with van der Waals surface area (Å²) in [6.07, 6.45) is 11.8. The molecule has 0 spiro atoms. The van der Waals surface area contributed by atoms with Gasteiger partial charge in [-0.1, -0.05) is 32.6 Å². The summed E-state index contributed by atoms with van der Waals surface area (Å²) in [4.78, 5) is 7.54. The number of hydrogen-bond acceptors (Lipinski definition) is 4. The van der Waals surface area contributed by atoms with Crippen molar-refractivity contribution >= 4 is 29.9 Å². The number of nitrogens with one attached hydrogen (secondary N) is 2. The Morgan fingerprint density at radius 1 is 1.10 bits per heavy atom. The molecule has 2 heterocycles. The van der Waals surface area contributed by atoms with Gasteiger partial charge in [0, 0.05) is 38.8 Å². The lowest BCUT2D eigenvalue weighted by Crippen LogP contribution is -2.51. The largest absolute Gasteiger partial charge is 0.356 e. The van der Waals surface area contributed by atoms with Gasteiger partial charge in [0.2, 0.25) is 0 Å². The first-order valence-electron chi connectivity index (χ1n) is 11.3. The van der Waals surface area contributed by atoms with Crippen LogP contribution < -0.4 is 10.6 Å². The molecule has 1 saturated carbocycles. The third kappa shape index (κ3) is 7.38. The minimum absolute atomic E-state index is 0. The van der Waals surface area contributed by atoms with Gasteiger partial charge < -0.3 is 20.1 Å². The predicted molar refractivity (Wildman–Crippen MR) is 130 cm³/mol. The van der Waals surface area contributed by atoms with Crippen LogP contribution in [0.5, 0.6) is 0 Å². The molecule has 7 nitrogen and oxygen atoms in total. The van der Waals surface area contributed by atoms with Crippen molar-refractivity contribution in [3.8, 4) is 0 Å². The van der Waals surface area contributed by atoms with E-state index in [9.17, 15) is 0 Å². The molecule has 0 atom stereocenters. The molecule has 166 valence electrons. The van der Waals surface area contributed by atoms with E-state index in [1.807, 2.05) is 18.5 Å². The molecule has 2 aliphatic rings. The molecular weight excluding hydrogens is 477 g/mol. The number of rotatable bonds is 7. The maximum atomic E-state index is 4.80. The number of hydrogen-bond donors (Lipinski definition) is 2. The molecule has 29 heavy (non-hydrogen) atoms. The van der Waals surface area contributed by atoms with Gasteiger partial charge in [-0.05, 0) is 39.0 Å². The highest BCUT2D eigenvalue weighted by atomic mass is 127. The fourth-order valence-corrected chi connectivity index (χ4v) is 4.32. The Hall–Kier alpha value is -0.900. The Bertz CT molecular complexity index is 617. The Balaban J connectivity index is 0.00000300. The van der Waals surface area contributed by atoms with E-state index in [1.54, 1.807) is 0 Å². The van der Waals surface area contributed by atoms with Gasteiger partial charge in [-0.2, -0.15) is 0 Å². The highest BCUT2D eigenvalue weighted by Crippen LogP contribution is 2.25. The van der Waals surface area contributed by atoms with Crippen molar-refractivity contribution in [3.05, 3.63) is 11.6 Å². The van der Waals surface area contributed by atoms with Crippen molar-refractivity contribution in [2.24, 2.45) is 12.0 Å². The Labute approximate surface area is 193 Å². The molecule has 0 aromatic carbocycles. The second-order valence-electron chi connectivity index (χ2n) is 8.41. The molecule has 8 heteroatoms. The fourth-order valence-electron chi connectivity index (χ4n) is 4.32. The van der Waals surface area contributed by atoms with Crippen molar-refractivity contribution in [2.45, 2.75) is 90.3 Å². The van der Waals surface area contributed by atoms with Crippen LogP contribution in [0.25, 0.3) is 0 Å². The molecule has 1 aliphatic carbocycles. The fraction of sp³-hybridized carbons (Fsp3) is 0.857. The maximum Gasteiger partial charge on any atom is 0.191 e. The van der Waals surface area contributed by atoms with Gasteiger partial charge in [-0.25, -0.2) is 4.99 Å². The van der Waals surface area contributed by atoms with E-state index < -0.39 is 0 Å². The average molecular weight is 518 g/mol. The van der Waals surface area contributed by atoms with Crippen LogP contribution in [-0.4, -0.2) is 57.3 Å². The summed E-state index contributed by atoms with van der Waals surface area (Å²) in [5.74, 6) is 2.75. The number of halogens is 1. The number of likely N-dealkylation sites (tertiary alicyclic amines) is 1. The lowest BCUT2D eigenvalue weighted by Gasteiger charge is -2.39. The van der Waals surface area contributed by atoms with Crippen molar-refractivity contribution < 1.29 is 0 Å². The highest BCUT2D eigenvalue weighted by Gasteiger charge is 2.26. The van der Waals surface area contributed by atoms with Crippen LogP contribution in [0.2, 0.25) is 0 Å². The number of unbranched alkanes of at least 4 members (excludes halogenated alkanes) is 1. The smallest absolute Gasteiger partial charge is 0.191 e. The third-order valence-corrected chi connectivity index (χ3v) is 6.35. The van der Waals surface area contributed by atoms with E-state index in [2.05, 4.69) is 32.7 Å². The number of nitrogens with zero attached hydrogens (tertiary/aromatic N) is 5. The zero-order chi connectivity index (χ0) is 19.8. The van der Waals surface area contributed by atoms with Crippen LogP contribution in [-0.2, 0) is 13.6 Å². The van der Waals surface area contributed by atoms with Crippen molar-refractivity contribution in [1.29, 1.82) is 0 Å². The number of aliphatic imine (C=N–C) groups is 1. The summed E-state index contributed by atoms with van der Waals surface area (Å²) in [5.41, 5.74) is 0. The first kappa shape index (κ1) is 24.4.